The van der Waals surface area contributed by atoms with Crippen molar-refractivity contribution in [2.24, 2.45) is 4.99 Å². The second kappa shape index (κ2) is 12.5. The van der Waals surface area contributed by atoms with E-state index in [0.717, 1.165) is 36.1 Å². The summed E-state index contributed by atoms with van der Waals surface area (Å²) in [6.45, 7) is 2.32. The summed E-state index contributed by atoms with van der Waals surface area (Å²) in [6.07, 6.45) is 0. The molecule has 0 aliphatic carbocycles. The molecule has 0 saturated heterocycles. The van der Waals surface area contributed by atoms with Crippen LogP contribution >= 0.6 is 24.0 Å². The highest BCUT2D eigenvalue weighted by Gasteiger charge is 2.11. The molecule has 0 aliphatic rings. The number of hydrogen-bond acceptors (Lipinski definition) is 4. The van der Waals surface area contributed by atoms with Crippen molar-refractivity contribution in [3.63, 3.8) is 0 Å². The van der Waals surface area contributed by atoms with Crippen molar-refractivity contribution in [2.75, 3.05) is 42.4 Å². The fraction of sp³-hybridized carbons (Fsp3) is 0.409. The maximum absolute atomic E-state index is 5.51. The Morgan fingerprint density at radius 2 is 1.69 bits per heavy atom. The van der Waals surface area contributed by atoms with Gasteiger partial charge in [0.05, 0.1) is 14.2 Å². The standard InChI is InChI=1S/C22H32N4O2.HI/c1-23-22(24-14-17-8-7-9-18(12-17)15-25(2)3)26(4)16-19-10-11-20(27-5)13-21(19)28-6;/h7-13H,14-16H2,1-6H3,(H,23,24);1H. The van der Waals surface area contributed by atoms with E-state index < -0.39 is 0 Å². The van der Waals surface area contributed by atoms with Gasteiger partial charge < -0.3 is 24.6 Å². The number of aliphatic imine (C=N–C) groups is 1. The van der Waals surface area contributed by atoms with Crippen LogP contribution in [-0.2, 0) is 19.6 Å². The normalized spacial score (nSPS) is 11.1. The molecule has 0 amide bonds. The van der Waals surface area contributed by atoms with Crippen LogP contribution in [0.3, 0.4) is 0 Å². The molecule has 0 atom stereocenters. The molecule has 1 N–H and O–H groups in total. The lowest BCUT2D eigenvalue weighted by molar-refractivity contribution is 0.382. The Morgan fingerprint density at radius 1 is 0.966 bits per heavy atom. The summed E-state index contributed by atoms with van der Waals surface area (Å²) in [7, 11) is 11.3. The van der Waals surface area contributed by atoms with Crippen molar-refractivity contribution in [3.05, 3.63) is 59.2 Å². The van der Waals surface area contributed by atoms with Crippen molar-refractivity contribution < 1.29 is 9.47 Å². The molecule has 2 rings (SSSR count). The molecule has 0 radical (unpaired) electrons. The van der Waals surface area contributed by atoms with Gasteiger partial charge in [0.15, 0.2) is 5.96 Å². The molecule has 2 aromatic carbocycles. The molecule has 2 aromatic rings. The first-order chi connectivity index (χ1) is 13.5. The van der Waals surface area contributed by atoms with E-state index >= 15 is 0 Å². The lowest BCUT2D eigenvalue weighted by Gasteiger charge is -2.23. The van der Waals surface area contributed by atoms with Gasteiger partial charge in [-0.1, -0.05) is 24.3 Å². The predicted octanol–water partition coefficient (Wildman–Crippen LogP) is 3.59. The lowest BCUT2D eigenvalue weighted by atomic mass is 10.1. The van der Waals surface area contributed by atoms with Gasteiger partial charge in [0.2, 0.25) is 0 Å². The third-order valence-electron chi connectivity index (χ3n) is 4.42. The molecular formula is C22H33IN4O2. The van der Waals surface area contributed by atoms with Gasteiger partial charge >= 0.3 is 0 Å². The Bertz CT molecular complexity index is 796. The number of halogens is 1. The van der Waals surface area contributed by atoms with Crippen LogP contribution in [0.5, 0.6) is 11.5 Å². The number of ether oxygens (including phenoxy) is 2. The predicted molar refractivity (Wildman–Crippen MR) is 130 cm³/mol. The molecule has 0 spiro atoms. The summed E-state index contributed by atoms with van der Waals surface area (Å²) in [5.74, 6) is 2.41. The Morgan fingerprint density at radius 3 is 2.31 bits per heavy atom. The number of benzene rings is 2. The maximum atomic E-state index is 5.51. The fourth-order valence-corrected chi connectivity index (χ4v) is 3.08. The van der Waals surface area contributed by atoms with Crippen LogP contribution in [0.4, 0.5) is 0 Å². The first kappa shape index (κ1) is 25.0. The highest BCUT2D eigenvalue weighted by molar-refractivity contribution is 14.0. The van der Waals surface area contributed by atoms with Crippen molar-refractivity contribution in [1.82, 2.24) is 15.1 Å². The Kier molecular flexibility index (Phi) is 10.8. The van der Waals surface area contributed by atoms with Crippen LogP contribution in [0.25, 0.3) is 0 Å². The molecule has 7 heteroatoms. The summed E-state index contributed by atoms with van der Waals surface area (Å²) in [4.78, 5) is 8.66. The molecule has 0 heterocycles. The van der Waals surface area contributed by atoms with E-state index in [1.54, 1.807) is 21.3 Å². The van der Waals surface area contributed by atoms with Crippen molar-refractivity contribution in [3.8, 4) is 11.5 Å². The van der Waals surface area contributed by atoms with Crippen LogP contribution < -0.4 is 14.8 Å². The van der Waals surface area contributed by atoms with Crippen LogP contribution in [0, 0.1) is 0 Å². The zero-order valence-electron chi connectivity index (χ0n) is 18.2. The quantitative estimate of drug-likeness (QED) is 0.333. The van der Waals surface area contributed by atoms with Crippen molar-refractivity contribution >= 4 is 29.9 Å². The Balaban J connectivity index is 0.00000420. The lowest BCUT2D eigenvalue weighted by Crippen LogP contribution is -2.38. The third-order valence-corrected chi connectivity index (χ3v) is 4.42. The number of nitrogens with one attached hydrogen (secondary N) is 1. The number of methoxy groups -OCH3 is 2. The van der Waals surface area contributed by atoms with Gasteiger partial charge in [-0.2, -0.15) is 0 Å². The number of rotatable bonds is 8. The number of hydrogen-bond donors (Lipinski definition) is 1. The van der Waals surface area contributed by atoms with Gasteiger partial charge in [-0.25, -0.2) is 0 Å². The topological polar surface area (TPSA) is 49.3 Å². The van der Waals surface area contributed by atoms with E-state index in [0.29, 0.717) is 6.54 Å². The highest BCUT2D eigenvalue weighted by atomic mass is 127. The van der Waals surface area contributed by atoms with Gasteiger partial charge in [0.1, 0.15) is 11.5 Å². The molecule has 0 aromatic heterocycles. The molecular weight excluding hydrogens is 479 g/mol. The summed E-state index contributed by atoms with van der Waals surface area (Å²) in [5, 5.41) is 3.44. The summed E-state index contributed by atoms with van der Waals surface area (Å²) >= 11 is 0. The second-order valence-electron chi connectivity index (χ2n) is 6.99. The van der Waals surface area contributed by atoms with Gasteiger partial charge in [-0.15, -0.1) is 24.0 Å². The summed E-state index contributed by atoms with van der Waals surface area (Å²) < 4.78 is 10.8. The highest BCUT2D eigenvalue weighted by Crippen LogP contribution is 2.25. The second-order valence-corrected chi connectivity index (χ2v) is 6.99. The average molecular weight is 512 g/mol. The van der Waals surface area contributed by atoms with Gasteiger partial charge in [-0.05, 0) is 37.4 Å². The monoisotopic (exact) mass is 512 g/mol. The van der Waals surface area contributed by atoms with E-state index in [1.165, 1.54) is 11.1 Å². The van der Waals surface area contributed by atoms with Gasteiger partial charge in [0, 0.05) is 45.4 Å². The zero-order chi connectivity index (χ0) is 20.5. The zero-order valence-corrected chi connectivity index (χ0v) is 20.6. The average Bonchev–Trinajstić information content (AvgIpc) is 2.68. The minimum absolute atomic E-state index is 0. The van der Waals surface area contributed by atoms with Crippen LogP contribution in [0.1, 0.15) is 16.7 Å². The minimum atomic E-state index is 0. The Labute approximate surface area is 191 Å². The molecule has 6 nitrogen and oxygen atoms in total. The molecule has 160 valence electrons. The van der Waals surface area contributed by atoms with Gasteiger partial charge in [0.25, 0.3) is 0 Å². The SMILES string of the molecule is CN=C(NCc1cccc(CN(C)C)c1)N(C)Cc1ccc(OC)cc1OC.I. The van der Waals surface area contributed by atoms with Crippen molar-refractivity contribution in [2.45, 2.75) is 19.6 Å². The van der Waals surface area contributed by atoms with Crippen LogP contribution in [0.15, 0.2) is 47.5 Å². The fourth-order valence-electron chi connectivity index (χ4n) is 3.08. The van der Waals surface area contributed by atoms with Crippen LogP contribution in [0.2, 0.25) is 0 Å². The molecule has 0 fully saturated rings. The summed E-state index contributed by atoms with van der Waals surface area (Å²) in [5.41, 5.74) is 3.60. The van der Waals surface area contributed by atoms with Gasteiger partial charge in [-0.3, -0.25) is 4.99 Å². The van der Waals surface area contributed by atoms with E-state index in [2.05, 4.69) is 58.5 Å². The summed E-state index contributed by atoms with van der Waals surface area (Å²) in [6, 6.07) is 14.5. The first-order valence-corrected chi connectivity index (χ1v) is 9.32. The number of guanidine groups is 1. The van der Waals surface area contributed by atoms with E-state index in [4.69, 9.17) is 9.47 Å². The van der Waals surface area contributed by atoms with E-state index in [1.807, 2.05) is 25.2 Å². The maximum Gasteiger partial charge on any atom is 0.193 e. The molecule has 0 unspecified atom stereocenters. The molecule has 0 bridgehead atoms. The van der Waals surface area contributed by atoms with E-state index in [9.17, 15) is 0 Å². The molecule has 0 saturated carbocycles. The third kappa shape index (κ3) is 7.74. The first-order valence-electron chi connectivity index (χ1n) is 9.32. The minimum Gasteiger partial charge on any atom is -0.497 e. The Hall–Kier alpha value is -2.00. The number of nitrogens with zero attached hydrogens (tertiary/aromatic N) is 3. The largest absolute Gasteiger partial charge is 0.497 e. The van der Waals surface area contributed by atoms with Crippen molar-refractivity contribution in [1.29, 1.82) is 0 Å². The molecule has 29 heavy (non-hydrogen) atoms. The molecule has 0 aliphatic heterocycles. The van der Waals surface area contributed by atoms with E-state index in [-0.39, 0.29) is 24.0 Å². The smallest absolute Gasteiger partial charge is 0.193 e. The van der Waals surface area contributed by atoms with Crippen LogP contribution in [-0.4, -0.2) is 58.2 Å².